The molecule has 1 atom stereocenters. The van der Waals surface area contributed by atoms with E-state index in [-0.39, 0.29) is 12.2 Å². The molecule has 3 nitrogen and oxygen atoms in total. The zero-order valence-corrected chi connectivity index (χ0v) is 8.57. The summed E-state index contributed by atoms with van der Waals surface area (Å²) in [5.41, 5.74) is 2.18. The number of hydrogen-bond acceptors (Lipinski definition) is 2. The normalized spacial score (nSPS) is 21.0. The van der Waals surface area contributed by atoms with E-state index in [0.717, 1.165) is 11.1 Å². The van der Waals surface area contributed by atoms with Gasteiger partial charge in [-0.2, -0.15) is 0 Å². The SMILES string of the molecule is C/C(=C/c1ccccc1)C1CNC(=O)O1. The van der Waals surface area contributed by atoms with Gasteiger partial charge in [0, 0.05) is 0 Å². The summed E-state index contributed by atoms with van der Waals surface area (Å²) in [7, 11) is 0. The quantitative estimate of drug-likeness (QED) is 0.800. The summed E-state index contributed by atoms with van der Waals surface area (Å²) in [6, 6.07) is 9.99. The Labute approximate surface area is 88.8 Å². The highest BCUT2D eigenvalue weighted by Gasteiger charge is 2.23. The molecule has 0 aromatic heterocycles. The van der Waals surface area contributed by atoms with Crippen molar-refractivity contribution in [1.82, 2.24) is 5.32 Å². The molecule has 1 amide bonds. The molecule has 78 valence electrons. The van der Waals surface area contributed by atoms with E-state index >= 15 is 0 Å². The number of ether oxygens (including phenoxy) is 1. The van der Waals surface area contributed by atoms with Crippen LogP contribution in [-0.2, 0) is 4.74 Å². The molecule has 1 aliphatic rings. The van der Waals surface area contributed by atoms with Crippen molar-refractivity contribution >= 4 is 12.2 Å². The highest BCUT2D eigenvalue weighted by Crippen LogP contribution is 2.14. The van der Waals surface area contributed by atoms with Gasteiger partial charge in [0.1, 0.15) is 6.10 Å². The van der Waals surface area contributed by atoms with Gasteiger partial charge in [0.05, 0.1) is 6.54 Å². The van der Waals surface area contributed by atoms with Crippen molar-refractivity contribution in [3.8, 4) is 0 Å². The smallest absolute Gasteiger partial charge is 0.407 e. The maximum Gasteiger partial charge on any atom is 0.407 e. The van der Waals surface area contributed by atoms with Crippen LogP contribution in [0.2, 0.25) is 0 Å². The van der Waals surface area contributed by atoms with Crippen LogP contribution in [-0.4, -0.2) is 18.7 Å². The summed E-state index contributed by atoms with van der Waals surface area (Å²) in [5.74, 6) is 0. The van der Waals surface area contributed by atoms with Gasteiger partial charge in [-0.15, -0.1) is 0 Å². The molecule has 1 saturated heterocycles. The summed E-state index contributed by atoms with van der Waals surface area (Å²) < 4.78 is 5.08. The highest BCUT2D eigenvalue weighted by atomic mass is 16.6. The minimum Gasteiger partial charge on any atom is -0.440 e. The Morgan fingerprint density at radius 3 is 2.80 bits per heavy atom. The van der Waals surface area contributed by atoms with Crippen molar-refractivity contribution in [3.63, 3.8) is 0 Å². The van der Waals surface area contributed by atoms with E-state index in [2.05, 4.69) is 5.32 Å². The van der Waals surface area contributed by atoms with Crippen LogP contribution in [0.3, 0.4) is 0 Å². The summed E-state index contributed by atoms with van der Waals surface area (Å²) in [6.45, 7) is 2.53. The van der Waals surface area contributed by atoms with Crippen LogP contribution in [0.25, 0.3) is 6.08 Å². The Hall–Kier alpha value is -1.77. The average molecular weight is 203 g/mol. The predicted octanol–water partition coefficient (Wildman–Crippen LogP) is 2.20. The van der Waals surface area contributed by atoms with Crippen LogP contribution >= 0.6 is 0 Å². The summed E-state index contributed by atoms with van der Waals surface area (Å²) >= 11 is 0. The Morgan fingerprint density at radius 1 is 1.47 bits per heavy atom. The minimum absolute atomic E-state index is 0.127. The molecule has 1 N–H and O–H groups in total. The lowest BCUT2D eigenvalue weighted by Crippen LogP contribution is -2.15. The molecule has 1 aromatic carbocycles. The predicted molar refractivity (Wildman–Crippen MR) is 58.4 cm³/mol. The molecule has 0 bridgehead atoms. The lowest BCUT2D eigenvalue weighted by atomic mass is 10.1. The maximum absolute atomic E-state index is 10.8. The first kappa shape index (κ1) is 9.77. The van der Waals surface area contributed by atoms with E-state index in [1.165, 1.54) is 0 Å². The molecule has 1 heterocycles. The molecule has 3 heteroatoms. The summed E-state index contributed by atoms with van der Waals surface area (Å²) in [5, 5.41) is 2.63. The third kappa shape index (κ3) is 2.37. The minimum atomic E-state index is -0.333. The Balaban J connectivity index is 2.11. The molecule has 0 aliphatic carbocycles. The van der Waals surface area contributed by atoms with Gasteiger partial charge in [-0.3, -0.25) is 0 Å². The van der Waals surface area contributed by atoms with Crippen LogP contribution in [0.5, 0.6) is 0 Å². The van der Waals surface area contributed by atoms with Crippen molar-refractivity contribution in [2.75, 3.05) is 6.54 Å². The molecule has 15 heavy (non-hydrogen) atoms. The van der Waals surface area contributed by atoms with Gasteiger partial charge in [-0.25, -0.2) is 4.79 Å². The van der Waals surface area contributed by atoms with E-state index in [1.807, 2.05) is 43.3 Å². The number of benzene rings is 1. The van der Waals surface area contributed by atoms with Crippen molar-refractivity contribution in [2.45, 2.75) is 13.0 Å². The van der Waals surface area contributed by atoms with Gasteiger partial charge in [0.2, 0.25) is 0 Å². The van der Waals surface area contributed by atoms with Crippen LogP contribution in [0.15, 0.2) is 35.9 Å². The molecule has 1 unspecified atom stereocenters. The van der Waals surface area contributed by atoms with E-state index < -0.39 is 0 Å². The molecule has 0 radical (unpaired) electrons. The van der Waals surface area contributed by atoms with Gasteiger partial charge in [-0.05, 0) is 18.1 Å². The van der Waals surface area contributed by atoms with Gasteiger partial charge in [0.15, 0.2) is 0 Å². The Morgan fingerprint density at radius 2 is 2.20 bits per heavy atom. The van der Waals surface area contributed by atoms with Crippen molar-refractivity contribution in [1.29, 1.82) is 0 Å². The second-order valence-corrected chi connectivity index (χ2v) is 3.57. The first-order valence-corrected chi connectivity index (χ1v) is 4.93. The first-order valence-electron chi connectivity index (χ1n) is 4.93. The molecule has 1 fully saturated rings. The number of carbonyl (C=O) groups excluding carboxylic acids is 1. The summed E-state index contributed by atoms with van der Waals surface area (Å²) in [6.07, 6.45) is 1.57. The molecule has 0 spiro atoms. The van der Waals surface area contributed by atoms with E-state index in [0.29, 0.717) is 6.54 Å². The zero-order chi connectivity index (χ0) is 10.7. The highest BCUT2D eigenvalue weighted by molar-refractivity contribution is 5.70. The van der Waals surface area contributed by atoms with Crippen LogP contribution in [0.1, 0.15) is 12.5 Å². The fraction of sp³-hybridized carbons (Fsp3) is 0.250. The molecular formula is C12H13NO2. The summed E-state index contributed by atoms with van der Waals surface area (Å²) in [4.78, 5) is 10.8. The monoisotopic (exact) mass is 203 g/mol. The zero-order valence-electron chi connectivity index (χ0n) is 8.57. The molecule has 0 saturated carbocycles. The van der Waals surface area contributed by atoms with Crippen LogP contribution in [0, 0.1) is 0 Å². The molecule has 2 rings (SSSR count). The fourth-order valence-electron chi connectivity index (χ4n) is 1.55. The van der Waals surface area contributed by atoms with E-state index in [4.69, 9.17) is 4.74 Å². The van der Waals surface area contributed by atoms with E-state index in [9.17, 15) is 4.79 Å². The number of nitrogens with one attached hydrogen (secondary N) is 1. The van der Waals surface area contributed by atoms with Gasteiger partial charge in [-0.1, -0.05) is 36.4 Å². The average Bonchev–Trinajstić information content (AvgIpc) is 2.66. The van der Waals surface area contributed by atoms with Crippen molar-refractivity contribution in [3.05, 3.63) is 41.5 Å². The second-order valence-electron chi connectivity index (χ2n) is 3.57. The maximum atomic E-state index is 10.8. The standard InChI is InChI=1S/C12H13NO2/c1-9(11-8-13-12(14)15-11)7-10-5-3-2-4-6-10/h2-7,11H,8H2,1H3,(H,13,14)/b9-7-. The van der Waals surface area contributed by atoms with Gasteiger partial charge in [0.25, 0.3) is 0 Å². The van der Waals surface area contributed by atoms with Crippen LogP contribution in [0.4, 0.5) is 4.79 Å². The first-order chi connectivity index (χ1) is 7.25. The van der Waals surface area contributed by atoms with Gasteiger partial charge >= 0.3 is 6.09 Å². The largest absolute Gasteiger partial charge is 0.440 e. The van der Waals surface area contributed by atoms with Crippen LogP contribution < -0.4 is 5.32 Å². The Kier molecular flexibility index (Phi) is 2.72. The third-order valence-electron chi connectivity index (χ3n) is 2.38. The second kappa shape index (κ2) is 4.17. The lowest BCUT2D eigenvalue weighted by Gasteiger charge is -2.07. The topological polar surface area (TPSA) is 38.3 Å². The molecule has 1 aromatic rings. The Bertz CT molecular complexity index is 384. The fourth-order valence-corrected chi connectivity index (χ4v) is 1.55. The number of cyclic esters (lactones) is 1. The lowest BCUT2D eigenvalue weighted by molar-refractivity contribution is 0.154. The third-order valence-corrected chi connectivity index (χ3v) is 2.38. The van der Waals surface area contributed by atoms with E-state index in [1.54, 1.807) is 0 Å². The molecular weight excluding hydrogens is 190 g/mol. The number of amides is 1. The number of alkyl carbamates (subject to hydrolysis) is 1. The molecule has 1 aliphatic heterocycles. The van der Waals surface area contributed by atoms with Gasteiger partial charge < -0.3 is 10.1 Å². The number of hydrogen-bond donors (Lipinski definition) is 1. The number of carbonyl (C=O) groups is 1. The van der Waals surface area contributed by atoms with Crippen molar-refractivity contribution < 1.29 is 9.53 Å². The van der Waals surface area contributed by atoms with Crippen molar-refractivity contribution in [2.24, 2.45) is 0 Å². The number of rotatable bonds is 2.